The Bertz CT molecular complexity index is 715. The summed E-state index contributed by atoms with van der Waals surface area (Å²) in [5.74, 6) is 0.430. The summed E-state index contributed by atoms with van der Waals surface area (Å²) >= 11 is 3.46. The number of aliphatic hydroxyl groups is 1. The average Bonchev–Trinajstić information content (AvgIpc) is 2.48. The Labute approximate surface area is 130 Å². The number of carbonyl (C=O) groups excluding carboxylic acids is 1. The minimum absolute atomic E-state index is 0.0261. The number of fused-ring (bicyclic) bond motifs is 1. The molecule has 1 aliphatic heterocycles. The maximum absolute atomic E-state index is 11.4. The van der Waals surface area contributed by atoms with Gasteiger partial charge in [0.2, 0.25) is 0 Å². The summed E-state index contributed by atoms with van der Waals surface area (Å²) < 4.78 is 6.16. The summed E-state index contributed by atoms with van der Waals surface area (Å²) in [7, 11) is 0. The molecule has 5 heteroatoms. The highest BCUT2D eigenvalue weighted by Gasteiger charge is 2.20. The van der Waals surface area contributed by atoms with Crippen molar-refractivity contribution >= 4 is 27.5 Å². The molecule has 2 aromatic rings. The fourth-order valence-corrected chi connectivity index (χ4v) is 2.79. The van der Waals surface area contributed by atoms with Gasteiger partial charge in [-0.15, -0.1) is 0 Å². The lowest BCUT2D eigenvalue weighted by atomic mass is 9.99. The van der Waals surface area contributed by atoms with E-state index in [2.05, 4.69) is 21.2 Å². The molecule has 2 aromatic carbocycles. The van der Waals surface area contributed by atoms with Gasteiger partial charge in [-0.2, -0.15) is 0 Å². The minimum atomic E-state index is -0.775. The van der Waals surface area contributed by atoms with Gasteiger partial charge in [0.1, 0.15) is 11.9 Å². The first-order valence-corrected chi connectivity index (χ1v) is 7.34. The predicted octanol–water partition coefficient (Wildman–Crippen LogP) is 3.17. The predicted molar refractivity (Wildman–Crippen MR) is 83.5 cm³/mol. The van der Waals surface area contributed by atoms with E-state index in [1.807, 2.05) is 25.1 Å². The summed E-state index contributed by atoms with van der Waals surface area (Å²) in [6.07, 6.45) is -0.775. The second-order valence-electron chi connectivity index (χ2n) is 5.02. The lowest BCUT2D eigenvalue weighted by molar-refractivity contribution is -0.118. The van der Waals surface area contributed by atoms with Gasteiger partial charge in [-0.3, -0.25) is 4.79 Å². The smallest absolute Gasteiger partial charge is 0.262 e. The van der Waals surface area contributed by atoms with E-state index < -0.39 is 6.10 Å². The second-order valence-corrected chi connectivity index (χ2v) is 5.87. The van der Waals surface area contributed by atoms with Crippen molar-refractivity contribution in [3.8, 4) is 5.75 Å². The standard InChI is InChI=1S/C16H14BrNO3/c1-9-2-4-12(17)11(6-9)16(20)10-3-5-14-13(7-10)18-15(19)8-21-14/h2-7,16,20H,8H2,1H3,(H,18,19). The van der Waals surface area contributed by atoms with E-state index in [0.29, 0.717) is 17.0 Å². The van der Waals surface area contributed by atoms with Crippen LogP contribution in [0.5, 0.6) is 5.75 Å². The van der Waals surface area contributed by atoms with Crippen molar-refractivity contribution < 1.29 is 14.6 Å². The molecule has 1 atom stereocenters. The SMILES string of the molecule is Cc1ccc(Br)c(C(O)c2ccc3c(c2)NC(=O)CO3)c1. The van der Waals surface area contributed by atoms with E-state index in [9.17, 15) is 9.90 Å². The first kappa shape index (κ1) is 14.1. The molecule has 0 aliphatic carbocycles. The van der Waals surface area contributed by atoms with Crippen LogP contribution >= 0.6 is 15.9 Å². The van der Waals surface area contributed by atoms with E-state index >= 15 is 0 Å². The zero-order valence-corrected chi connectivity index (χ0v) is 13.0. The lowest BCUT2D eigenvalue weighted by Crippen LogP contribution is -2.25. The number of carbonyl (C=O) groups is 1. The summed E-state index contributed by atoms with van der Waals surface area (Å²) in [4.78, 5) is 11.4. The molecule has 0 aromatic heterocycles. The Balaban J connectivity index is 1.98. The van der Waals surface area contributed by atoms with Crippen LogP contribution in [0.25, 0.3) is 0 Å². The molecule has 1 unspecified atom stereocenters. The molecular formula is C16H14BrNO3. The third-order valence-electron chi connectivity index (χ3n) is 3.40. The monoisotopic (exact) mass is 347 g/mol. The first-order chi connectivity index (χ1) is 10.0. The van der Waals surface area contributed by atoms with Gasteiger partial charge in [0.15, 0.2) is 6.61 Å². The van der Waals surface area contributed by atoms with E-state index in [-0.39, 0.29) is 12.5 Å². The third-order valence-corrected chi connectivity index (χ3v) is 4.12. The van der Waals surface area contributed by atoms with Crippen LogP contribution in [0.3, 0.4) is 0 Å². The van der Waals surface area contributed by atoms with E-state index in [0.717, 1.165) is 15.6 Å². The quantitative estimate of drug-likeness (QED) is 0.877. The molecule has 0 radical (unpaired) electrons. The molecule has 108 valence electrons. The molecule has 2 N–H and O–H groups in total. The van der Waals surface area contributed by atoms with Gasteiger partial charge in [0.25, 0.3) is 5.91 Å². The number of hydrogen-bond donors (Lipinski definition) is 2. The minimum Gasteiger partial charge on any atom is -0.482 e. The number of benzene rings is 2. The van der Waals surface area contributed by atoms with Crippen LogP contribution in [0.2, 0.25) is 0 Å². The number of ether oxygens (including phenoxy) is 1. The first-order valence-electron chi connectivity index (χ1n) is 6.55. The fraction of sp³-hybridized carbons (Fsp3) is 0.188. The third kappa shape index (κ3) is 2.80. The Morgan fingerprint density at radius 1 is 1.29 bits per heavy atom. The molecule has 0 bridgehead atoms. The highest BCUT2D eigenvalue weighted by molar-refractivity contribution is 9.10. The molecular weight excluding hydrogens is 334 g/mol. The van der Waals surface area contributed by atoms with E-state index in [1.165, 1.54) is 0 Å². The van der Waals surface area contributed by atoms with Gasteiger partial charge in [0.05, 0.1) is 5.69 Å². The van der Waals surface area contributed by atoms with Gasteiger partial charge in [0, 0.05) is 4.47 Å². The van der Waals surface area contributed by atoms with Crippen molar-refractivity contribution in [3.05, 3.63) is 57.6 Å². The molecule has 3 rings (SSSR count). The molecule has 0 saturated carbocycles. The zero-order valence-electron chi connectivity index (χ0n) is 11.4. The molecule has 1 amide bonds. The summed E-state index contributed by atoms with van der Waals surface area (Å²) in [5, 5.41) is 13.3. The van der Waals surface area contributed by atoms with Crippen molar-refractivity contribution in [2.24, 2.45) is 0 Å². The van der Waals surface area contributed by atoms with Gasteiger partial charge < -0.3 is 15.2 Å². The molecule has 0 fully saturated rings. The average molecular weight is 348 g/mol. The number of aryl methyl sites for hydroxylation is 1. The zero-order chi connectivity index (χ0) is 15.0. The van der Waals surface area contributed by atoms with Crippen LogP contribution in [0.15, 0.2) is 40.9 Å². The Morgan fingerprint density at radius 2 is 2.10 bits per heavy atom. The Hall–Kier alpha value is -1.85. The van der Waals surface area contributed by atoms with Crippen LogP contribution in [-0.2, 0) is 4.79 Å². The van der Waals surface area contributed by atoms with Crippen molar-refractivity contribution in [2.75, 3.05) is 11.9 Å². The van der Waals surface area contributed by atoms with Crippen LogP contribution in [-0.4, -0.2) is 17.6 Å². The highest BCUT2D eigenvalue weighted by Crippen LogP contribution is 2.34. The van der Waals surface area contributed by atoms with Crippen LogP contribution in [0.4, 0.5) is 5.69 Å². The van der Waals surface area contributed by atoms with Crippen molar-refractivity contribution in [3.63, 3.8) is 0 Å². The molecule has 21 heavy (non-hydrogen) atoms. The molecule has 0 saturated heterocycles. The maximum Gasteiger partial charge on any atom is 0.262 e. The van der Waals surface area contributed by atoms with E-state index in [1.54, 1.807) is 18.2 Å². The van der Waals surface area contributed by atoms with Crippen LogP contribution < -0.4 is 10.1 Å². The number of halogens is 1. The van der Waals surface area contributed by atoms with Crippen LogP contribution in [0, 0.1) is 6.92 Å². The van der Waals surface area contributed by atoms with Gasteiger partial charge in [-0.1, -0.05) is 39.7 Å². The van der Waals surface area contributed by atoms with E-state index in [4.69, 9.17) is 4.74 Å². The topological polar surface area (TPSA) is 58.6 Å². The Kier molecular flexibility index (Phi) is 3.69. The highest BCUT2D eigenvalue weighted by atomic mass is 79.9. The number of rotatable bonds is 2. The van der Waals surface area contributed by atoms with Crippen molar-refractivity contribution in [2.45, 2.75) is 13.0 Å². The normalized spacial score (nSPS) is 14.9. The van der Waals surface area contributed by atoms with Crippen LogP contribution in [0.1, 0.15) is 22.8 Å². The molecule has 1 heterocycles. The van der Waals surface area contributed by atoms with Gasteiger partial charge in [-0.05, 0) is 36.2 Å². The van der Waals surface area contributed by atoms with Crippen molar-refractivity contribution in [1.29, 1.82) is 0 Å². The largest absolute Gasteiger partial charge is 0.482 e. The van der Waals surface area contributed by atoms with Crippen molar-refractivity contribution in [1.82, 2.24) is 0 Å². The summed E-state index contributed by atoms with van der Waals surface area (Å²) in [5.41, 5.74) is 3.15. The molecule has 0 spiro atoms. The number of hydrogen-bond acceptors (Lipinski definition) is 3. The number of anilines is 1. The maximum atomic E-state index is 11.4. The summed E-state index contributed by atoms with van der Waals surface area (Å²) in [6, 6.07) is 11.1. The second kappa shape index (κ2) is 5.50. The number of aliphatic hydroxyl groups excluding tert-OH is 1. The molecule has 4 nitrogen and oxygen atoms in total. The van der Waals surface area contributed by atoms with Gasteiger partial charge >= 0.3 is 0 Å². The Morgan fingerprint density at radius 3 is 2.90 bits per heavy atom. The lowest BCUT2D eigenvalue weighted by Gasteiger charge is -2.20. The fourth-order valence-electron chi connectivity index (χ4n) is 2.32. The molecule has 1 aliphatic rings. The number of amides is 1. The summed E-state index contributed by atoms with van der Waals surface area (Å²) in [6.45, 7) is 2.00. The number of nitrogens with one attached hydrogen (secondary N) is 1. The van der Waals surface area contributed by atoms with Gasteiger partial charge in [-0.25, -0.2) is 0 Å².